The van der Waals surface area contributed by atoms with E-state index in [0.717, 1.165) is 5.56 Å². The molecule has 6 heteroatoms. The molecule has 0 aromatic heterocycles. The maximum absolute atomic E-state index is 12.3. The molecule has 1 aromatic carbocycles. The van der Waals surface area contributed by atoms with E-state index in [1.807, 2.05) is 18.2 Å². The van der Waals surface area contributed by atoms with Crippen molar-refractivity contribution in [3.63, 3.8) is 0 Å². The number of hydrogen-bond donors (Lipinski definition) is 2. The average molecular weight is 319 g/mol. The van der Waals surface area contributed by atoms with E-state index in [0.29, 0.717) is 30.9 Å². The van der Waals surface area contributed by atoms with Crippen LogP contribution < -0.4 is 14.8 Å². The maximum Gasteiger partial charge on any atom is 0.307 e. The number of rotatable bonds is 6. The minimum Gasteiger partial charge on any atom is -0.493 e. The third-order valence-electron chi connectivity index (χ3n) is 4.00. The van der Waals surface area contributed by atoms with Gasteiger partial charge in [0.15, 0.2) is 11.5 Å². The van der Waals surface area contributed by atoms with Crippen LogP contribution in [0.4, 0.5) is 0 Å². The smallest absolute Gasteiger partial charge is 0.307 e. The van der Waals surface area contributed by atoms with E-state index in [-0.39, 0.29) is 5.91 Å². The van der Waals surface area contributed by atoms with Crippen LogP contribution in [-0.4, -0.2) is 31.2 Å². The molecule has 6 nitrogen and oxygen atoms in total. The Bertz CT molecular complexity index is 611. The normalized spacial score (nSPS) is 19.9. The van der Waals surface area contributed by atoms with E-state index < -0.39 is 17.8 Å². The molecule has 0 spiro atoms. The lowest BCUT2D eigenvalue weighted by molar-refractivity contribution is -0.147. The van der Waals surface area contributed by atoms with Gasteiger partial charge >= 0.3 is 5.97 Å². The molecule has 0 saturated heterocycles. The first kappa shape index (κ1) is 16.9. The van der Waals surface area contributed by atoms with Crippen molar-refractivity contribution in [2.24, 2.45) is 11.8 Å². The molecule has 23 heavy (non-hydrogen) atoms. The molecule has 0 heterocycles. The zero-order chi connectivity index (χ0) is 16.8. The lowest BCUT2D eigenvalue weighted by atomic mass is 9.82. The number of benzene rings is 1. The first-order valence-electron chi connectivity index (χ1n) is 7.43. The fourth-order valence-corrected chi connectivity index (χ4v) is 2.69. The van der Waals surface area contributed by atoms with Crippen LogP contribution in [0, 0.1) is 11.8 Å². The summed E-state index contributed by atoms with van der Waals surface area (Å²) in [6, 6.07) is 5.38. The van der Waals surface area contributed by atoms with Crippen LogP contribution in [0.3, 0.4) is 0 Å². The number of hydrogen-bond acceptors (Lipinski definition) is 4. The van der Waals surface area contributed by atoms with Crippen LogP contribution in [0.25, 0.3) is 0 Å². The molecule has 1 aromatic rings. The highest BCUT2D eigenvalue weighted by Crippen LogP contribution is 2.28. The van der Waals surface area contributed by atoms with Gasteiger partial charge in [0.2, 0.25) is 5.91 Å². The molecule has 0 radical (unpaired) electrons. The summed E-state index contributed by atoms with van der Waals surface area (Å²) in [5.41, 5.74) is 0.856. The number of carbonyl (C=O) groups excluding carboxylic acids is 1. The van der Waals surface area contributed by atoms with Crippen molar-refractivity contribution in [1.29, 1.82) is 0 Å². The Hall–Kier alpha value is -2.50. The lowest BCUT2D eigenvalue weighted by Gasteiger charge is -2.24. The van der Waals surface area contributed by atoms with Gasteiger partial charge in [0.05, 0.1) is 26.1 Å². The number of nitrogens with one attached hydrogen (secondary N) is 1. The molecule has 0 bridgehead atoms. The second-order valence-corrected chi connectivity index (χ2v) is 5.40. The van der Waals surface area contributed by atoms with Crippen molar-refractivity contribution in [1.82, 2.24) is 5.32 Å². The second-order valence-electron chi connectivity index (χ2n) is 5.40. The molecule has 2 N–H and O–H groups in total. The van der Waals surface area contributed by atoms with Gasteiger partial charge in [-0.3, -0.25) is 9.59 Å². The van der Waals surface area contributed by atoms with Gasteiger partial charge in [0.25, 0.3) is 0 Å². The minimum atomic E-state index is -0.930. The number of aliphatic carboxylic acids is 1. The fourth-order valence-electron chi connectivity index (χ4n) is 2.69. The van der Waals surface area contributed by atoms with Crippen LogP contribution in [0.5, 0.6) is 11.5 Å². The zero-order valence-corrected chi connectivity index (χ0v) is 13.2. The standard InChI is InChI=1S/C17H21NO5/c1-22-14-8-7-11(9-15(14)23-2)10-18-16(19)12-5-3-4-6-13(12)17(20)21/h3-4,7-9,12-13H,5-6,10H2,1-2H3,(H,18,19)(H,20,21)/t12-,13-/m1/s1. The Balaban J connectivity index is 2.01. The number of carboxylic acids is 1. The average Bonchev–Trinajstić information content (AvgIpc) is 2.59. The number of allylic oxidation sites excluding steroid dienone is 2. The molecular weight excluding hydrogens is 298 g/mol. The first-order chi connectivity index (χ1) is 11.1. The summed E-state index contributed by atoms with van der Waals surface area (Å²) in [6.07, 6.45) is 4.52. The van der Waals surface area contributed by atoms with Gasteiger partial charge in [0.1, 0.15) is 0 Å². The highest BCUT2D eigenvalue weighted by Gasteiger charge is 2.33. The highest BCUT2D eigenvalue weighted by atomic mass is 16.5. The van der Waals surface area contributed by atoms with Gasteiger partial charge in [-0.05, 0) is 30.5 Å². The lowest BCUT2D eigenvalue weighted by Crippen LogP contribution is -2.38. The van der Waals surface area contributed by atoms with E-state index in [1.54, 1.807) is 26.4 Å². The first-order valence-corrected chi connectivity index (χ1v) is 7.43. The maximum atomic E-state index is 12.3. The largest absolute Gasteiger partial charge is 0.493 e. The monoisotopic (exact) mass is 319 g/mol. The quantitative estimate of drug-likeness (QED) is 0.783. The summed E-state index contributed by atoms with van der Waals surface area (Å²) >= 11 is 0. The molecule has 2 atom stereocenters. The molecule has 0 aliphatic heterocycles. The molecule has 1 amide bonds. The van der Waals surface area contributed by atoms with Crippen molar-refractivity contribution in [2.45, 2.75) is 19.4 Å². The Morgan fingerprint density at radius 3 is 2.39 bits per heavy atom. The summed E-state index contributed by atoms with van der Waals surface area (Å²) in [5.74, 6) is -1.16. The third-order valence-corrected chi connectivity index (χ3v) is 4.00. The molecular formula is C17H21NO5. The van der Waals surface area contributed by atoms with E-state index in [2.05, 4.69) is 5.32 Å². The van der Waals surface area contributed by atoms with E-state index in [9.17, 15) is 14.7 Å². The van der Waals surface area contributed by atoms with Gasteiger partial charge in [-0.2, -0.15) is 0 Å². The number of carbonyl (C=O) groups is 2. The van der Waals surface area contributed by atoms with Crippen molar-refractivity contribution < 1.29 is 24.2 Å². The van der Waals surface area contributed by atoms with Crippen LogP contribution >= 0.6 is 0 Å². The van der Waals surface area contributed by atoms with Gasteiger partial charge in [-0.25, -0.2) is 0 Å². The van der Waals surface area contributed by atoms with Gasteiger partial charge < -0.3 is 19.9 Å². The summed E-state index contributed by atoms with van der Waals surface area (Å²) < 4.78 is 10.4. The van der Waals surface area contributed by atoms with Gasteiger partial charge in [-0.1, -0.05) is 18.2 Å². The summed E-state index contributed by atoms with van der Waals surface area (Å²) in [5, 5.41) is 12.0. The Morgan fingerprint density at radius 2 is 1.78 bits per heavy atom. The number of methoxy groups -OCH3 is 2. The summed E-state index contributed by atoms with van der Waals surface area (Å²) in [6.45, 7) is 0.311. The minimum absolute atomic E-state index is 0.239. The fraction of sp³-hybridized carbons (Fsp3) is 0.412. The second kappa shape index (κ2) is 7.67. The van der Waals surface area contributed by atoms with Gasteiger partial charge in [0, 0.05) is 6.54 Å². The predicted molar refractivity (Wildman–Crippen MR) is 84.4 cm³/mol. The SMILES string of the molecule is COc1ccc(CNC(=O)[C@@H]2CC=CC[C@H]2C(=O)O)cc1OC. The molecule has 1 aliphatic carbocycles. The van der Waals surface area contributed by atoms with Crippen LogP contribution in [-0.2, 0) is 16.1 Å². The summed E-state index contributed by atoms with van der Waals surface area (Å²) in [4.78, 5) is 23.6. The van der Waals surface area contributed by atoms with Crippen LogP contribution in [0.1, 0.15) is 18.4 Å². The molecule has 0 unspecified atom stereocenters. The van der Waals surface area contributed by atoms with Crippen LogP contribution in [0.2, 0.25) is 0 Å². The van der Waals surface area contributed by atoms with Crippen molar-refractivity contribution >= 4 is 11.9 Å². The molecule has 0 saturated carbocycles. The Kier molecular flexibility index (Phi) is 5.62. The van der Waals surface area contributed by atoms with E-state index in [1.165, 1.54) is 0 Å². The third kappa shape index (κ3) is 4.03. The van der Waals surface area contributed by atoms with Crippen molar-refractivity contribution in [3.05, 3.63) is 35.9 Å². The number of carboxylic acid groups (broad SMARTS) is 1. The number of amides is 1. The summed E-state index contributed by atoms with van der Waals surface area (Å²) in [7, 11) is 3.11. The van der Waals surface area contributed by atoms with Crippen molar-refractivity contribution in [2.75, 3.05) is 14.2 Å². The molecule has 0 fully saturated rings. The molecule has 1 aliphatic rings. The van der Waals surface area contributed by atoms with Crippen molar-refractivity contribution in [3.8, 4) is 11.5 Å². The number of ether oxygens (including phenoxy) is 2. The Labute approximate surface area is 135 Å². The van der Waals surface area contributed by atoms with E-state index in [4.69, 9.17) is 9.47 Å². The highest BCUT2D eigenvalue weighted by molar-refractivity contribution is 5.85. The molecule has 2 rings (SSSR count). The Morgan fingerprint density at radius 1 is 1.13 bits per heavy atom. The molecule has 124 valence electrons. The topological polar surface area (TPSA) is 84.9 Å². The predicted octanol–water partition coefficient (Wildman–Crippen LogP) is 1.99. The van der Waals surface area contributed by atoms with Gasteiger partial charge in [-0.15, -0.1) is 0 Å². The van der Waals surface area contributed by atoms with Crippen LogP contribution in [0.15, 0.2) is 30.4 Å². The zero-order valence-electron chi connectivity index (χ0n) is 13.2. The van der Waals surface area contributed by atoms with E-state index >= 15 is 0 Å².